The lowest BCUT2D eigenvalue weighted by atomic mass is 10.00. The third kappa shape index (κ3) is 5.38. The molecule has 2 aromatic carbocycles. The van der Waals surface area contributed by atoms with Gasteiger partial charge < -0.3 is 19.3 Å². The maximum Gasteiger partial charge on any atom is 0.338 e. The van der Waals surface area contributed by atoms with Gasteiger partial charge in [0.15, 0.2) is 0 Å². The predicted molar refractivity (Wildman–Crippen MR) is 113 cm³/mol. The average molecular weight is 405 g/mol. The Morgan fingerprint density at radius 3 is 2.33 bits per heavy atom. The zero-order chi connectivity index (χ0) is 21.3. The van der Waals surface area contributed by atoms with Gasteiger partial charge in [-0.05, 0) is 35.7 Å². The number of aromatic hydroxyl groups is 1. The van der Waals surface area contributed by atoms with Gasteiger partial charge in [-0.1, -0.05) is 30.3 Å². The fraction of sp³-hybridized carbons (Fsp3) is 0.167. The summed E-state index contributed by atoms with van der Waals surface area (Å²) < 4.78 is 16.5. The van der Waals surface area contributed by atoms with Gasteiger partial charge in [0.1, 0.15) is 30.5 Å². The molecule has 30 heavy (non-hydrogen) atoms. The van der Waals surface area contributed by atoms with Crippen molar-refractivity contribution >= 4 is 11.5 Å². The van der Waals surface area contributed by atoms with Crippen LogP contribution in [0.25, 0.3) is 5.57 Å². The van der Waals surface area contributed by atoms with Gasteiger partial charge in [0.2, 0.25) is 0 Å². The van der Waals surface area contributed by atoms with Gasteiger partial charge in [0.05, 0.1) is 12.7 Å². The Kier molecular flexibility index (Phi) is 7.05. The molecule has 0 spiro atoms. The zero-order valence-corrected chi connectivity index (χ0v) is 16.9. The second-order valence-electron chi connectivity index (χ2n) is 6.45. The molecule has 0 radical (unpaired) electrons. The van der Waals surface area contributed by atoms with Gasteiger partial charge >= 0.3 is 5.97 Å². The minimum absolute atomic E-state index is 0.0363. The number of benzene rings is 2. The maximum absolute atomic E-state index is 12.1. The maximum atomic E-state index is 12.1. The molecule has 1 N–H and O–H groups in total. The summed E-state index contributed by atoms with van der Waals surface area (Å²) in [5.74, 6) is 0.566. The second kappa shape index (κ2) is 10.1. The molecule has 0 amide bonds. The van der Waals surface area contributed by atoms with E-state index in [0.29, 0.717) is 23.7 Å². The molecule has 1 aromatic heterocycles. The zero-order valence-electron chi connectivity index (χ0n) is 16.9. The highest BCUT2D eigenvalue weighted by molar-refractivity contribution is 6.16. The summed E-state index contributed by atoms with van der Waals surface area (Å²) in [5, 5.41) is 10.0. The van der Waals surface area contributed by atoms with Crippen molar-refractivity contribution in [1.82, 2.24) is 4.98 Å². The number of esters is 1. The van der Waals surface area contributed by atoms with Crippen LogP contribution < -0.4 is 9.47 Å². The number of nitrogens with zero attached hydrogens (tertiary/aromatic N) is 1. The van der Waals surface area contributed by atoms with E-state index in [2.05, 4.69) is 4.98 Å². The smallest absolute Gasteiger partial charge is 0.338 e. The molecular formula is C24H23NO5. The molecule has 0 bridgehead atoms. The van der Waals surface area contributed by atoms with Crippen molar-refractivity contribution in [1.29, 1.82) is 0 Å². The third-order valence-electron chi connectivity index (χ3n) is 4.42. The number of carbonyl (C=O) groups excluding carboxylic acids is 1. The van der Waals surface area contributed by atoms with Gasteiger partial charge in [-0.2, -0.15) is 0 Å². The fourth-order valence-corrected chi connectivity index (χ4v) is 2.93. The SMILES string of the molecule is CC=C(C(=O)OC)c1ccccc1COc1cc(O)cc(OCc2ccncc2)c1. The van der Waals surface area contributed by atoms with Crippen LogP contribution in [-0.4, -0.2) is 23.2 Å². The van der Waals surface area contributed by atoms with Crippen LogP contribution in [0.2, 0.25) is 0 Å². The van der Waals surface area contributed by atoms with Crippen LogP contribution in [0.3, 0.4) is 0 Å². The molecule has 154 valence electrons. The summed E-state index contributed by atoms with van der Waals surface area (Å²) in [5.41, 5.74) is 2.99. The minimum Gasteiger partial charge on any atom is -0.508 e. The van der Waals surface area contributed by atoms with E-state index in [9.17, 15) is 9.90 Å². The van der Waals surface area contributed by atoms with Crippen molar-refractivity contribution in [3.05, 3.63) is 89.8 Å². The number of hydrogen-bond donors (Lipinski definition) is 1. The van der Waals surface area contributed by atoms with E-state index in [1.807, 2.05) is 36.4 Å². The Morgan fingerprint density at radius 2 is 1.67 bits per heavy atom. The highest BCUT2D eigenvalue weighted by Crippen LogP contribution is 2.29. The fourth-order valence-electron chi connectivity index (χ4n) is 2.93. The van der Waals surface area contributed by atoms with Crippen LogP contribution in [0, 0.1) is 0 Å². The number of ether oxygens (including phenoxy) is 3. The Balaban J connectivity index is 1.73. The summed E-state index contributed by atoms with van der Waals surface area (Å²) in [6.45, 7) is 2.33. The summed E-state index contributed by atoms with van der Waals surface area (Å²) in [6, 6.07) is 15.9. The molecule has 3 rings (SSSR count). The molecule has 0 unspecified atom stereocenters. The van der Waals surface area contributed by atoms with Gasteiger partial charge in [-0.15, -0.1) is 0 Å². The Hall–Kier alpha value is -3.80. The molecule has 0 atom stereocenters. The summed E-state index contributed by atoms with van der Waals surface area (Å²) in [7, 11) is 1.35. The molecule has 3 aromatic rings. The highest BCUT2D eigenvalue weighted by atomic mass is 16.5. The first kappa shape index (κ1) is 20.9. The molecule has 0 aliphatic heterocycles. The standard InChI is InChI=1S/C24H23NO5/c1-3-22(24(27)28-2)23-7-5-4-6-18(23)16-30-21-13-19(26)12-20(14-21)29-15-17-8-10-25-11-9-17/h3-14,26H,15-16H2,1-2H3. The molecule has 0 saturated carbocycles. The highest BCUT2D eigenvalue weighted by Gasteiger charge is 2.15. The van der Waals surface area contributed by atoms with Crippen LogP contribution in [-0.2, 0) is 22.7 Å². The first-order valence-corrected chi connectivity index (χ1v) is 9.42. The first-order chi connectivity index (χ1) is 14.6. The number of rotatable bonds is 8. The molecule has 6 nitrogen and oxygen atoms in total. The first-order valence-electron chi connectivity index (χ1n) is 9.42. The van der Waals surface area contributed by atoms with Crippen LogP contribution >= 0.6 is 0 Å². The minimum atomic E-state index is -0.408. The number of methoxy groups -OCH3 is 1. The predicted octanol–water partition coefficient (Wildman–Crippen LogP) is 4.52. The number of phenols is 1. The van der Waals surface area contributed by atoms with E-state index in [-0.39, 0.29) is 12.4 Å². The van der Waals surface area contributed by atoms with Gasteiger partial charge in [0.25, 0.3) is 0 Å². The van der Waals surface area contributed by atoms with Gasteiger partial charge in [0, 0.05) is 30.6 Å². The Labute approximate surface area is 175 Å². The lowest BCUT2D eigenvalue weighted by Crippen LogP contribution is -2.07. The third-order valence-corrected chi connectivity index (χ3v) is 4.42. The van der Waals surface area contributed by atoms with E-state index in [1.54, 1.807) is 31.5 Å². The van der Waals surface area contributed by atoms with Gasteiger partial charge in [-0.3, -0.25) is 4.98 Å². The van der Waals surface area contributed by atoms with E-state index < -0.39 is 5.97 Å². The number of hydrogen-bond acceptors (Lipinski definition) is 6. The van der Waals surface area contributed by atoms with Crippen molar-refractivity contribution in [2.45, 2.75) is 20.1 Å². The Bertz CT molecular complexity index is 1030. The van der Waals surface area contributed by atoms with E-state index in [4.69, 9.17) is 14.2 Å². The van der Waals surface area contributed by atoms with Crippen molar-refractivity contribution in [2.24, 2.45) is 0 Å². The quantitative estimate of drug-likeness (QED) is 0.439. The molecule has 1 heterocycles. The van der Waals surface area contributed by atoms with E-state index in [0.717, 1.165) is 16.7 Å². The lowest BCUT2D eigenvalue weighted by molar-refractivity contribution is -0.133. The van der Waals surface area contributed by atoms with Crippen LogP contribution in [0.5, 0.6) is 17.2 Å². The van der Waals surface area contributed by atoms with Crippen molar-refractivity contribution in [2.75, 3.05) is 7.11 Å². The molecule has 0 aliphatic carbocycles. The number of pyridine rings is 1. The van der Waals surface area contributed by atoms with E-state index >= 15 is 0 Å². The molecule has 0 aliphatic rings. The van der Waals surface area contributed by atoms with Crippen molar-refractivity contribution in [3.8, 4) is 17.2 Å². The van der Waals surface area contributed by atoms with Crippen molar-refractivity contribution < 1.29 is 24.1 Å². The lowest BCUT2D eigenvalue weighted by Gasteiger charge is -2.14. The monoisotopic (exact) mass is 405 g/mol. The normalized spacial score (nSPS) is 11.1. The van der Waals surface area contributed by atoms with Gasteiger partial charge in [-0.25, -0.2) is 4.79 Å². The molecule has 0 saturated heterocycles. The number of aromatic nitrogens is 1. The molecular weight excluding hydrogens is 382 g/mol. The van der Waals surface area contributed by atoms with E-state index in [1.165, 1.54) is 19.2 Å². The second-order valence-corrected chi connectivity index (χ2v) is 6.45. The summed E-state index contributed by atoms with van der Waals surface area (Å²) in [4.78, 5) is 16.0. The largest absolute Gasteiger partial charge is 0.508 e. The molecule has 0 fully saturated rings. The summed E-state index contributed by atoms with van der Waals surface area (Å²) in [6.07, 6.45) is 5.10. The molecule has 6 heteroatoms. The summed E-state index contributed by atoms with van der Waals surface area (Å²) >= 11 is 0. The topological polar surface area (TPSA) is 77.9 Å². The number of phenolic OH excluding ortho intramolecular Hbond substituents is 1. The number of allylic oxidation sites excluding steroid dienone is 1. The van der Waals surface area contributed by atoms with Crippen LogP contribution in [0.15, 0.2) is 73.1 Å². The Morgan fingerprint density at radius 1 is 1.00 bits per heavy atom. The van der Waals surface area contributed by atoms with Crippen LogP contribution in [0.1, 0.15) is 23.6 Å². The van der Waals surface area contributed by atoms with Crippen molar-refractivity contribution in [3.63, 3.8) is 0 Å². The van der Waals surface area contributed by atoms with Crippen LogP contribution in [0.4, 0.5) is 0 Å². The number of carbonyl (C=O) groups is 1. The average Bonchev–Trinajstić information content (AvgIpc) is 2.78.